The number of para-hydroxylation sites is 4. The van der Waals surface area contributed by atoms with Gasteiger partial charge >= 0.3 is 0 Å². The molecule has 0 atom stereocenters. The first kappa shape index (κ1) is 22.5. The Labute approximate surface area is 230 Å². The fourth-order valence-corrected chi connectivity index (χ4v) is 5.49. The van der Waals surface area contributed by atoms with E-state index in [0.29, 0.717) is 0 Å². The van der Waals surface area contributed by atoms with E-state index in [-0.39, 0.29) is 0 Å². The van der Waals surface area contributed by atoms with E-state index in [1.54, 1.807) is 0 Å². The van der Waals surface area contributed by atoms with Crippen molar-refractivity contribution in [2.45, 2.75) is 0 Å². The summed E-state index contributed by atoms with van der Waals surface area (Å²) in [5.74, 6) is 0. The maximum atomic E-state index is 6.17. The number of furan rings is 2. The Kier molecular flexibility index (Phi) is 5.10. The molecule has 0 spiro atoms. The van der Waals surface area contributed by atoms with Gasteiger partial charge in [0.05, 0.1) is 11.4 Å². The van der Waals surface area contributed by atoms with Gasteiger partial charge in [-0.05, 0) is 59.7 Å². The molecule has 0 aliphatic rings. The Morgan fingerprint density at radius 2 is 0.750 bits per heavy atom. The first-order valence-corrected chi connectivity index (χ1v) is 13.4. The van der Waals surface area contributed by atoms with E-state index >= 15 is 0 Å². The summed E-state index contributed by atoms with van der Waals surface area (Å²) in [7, 11) is 0. The molecule has 0 saturated carbocycles. The molecule has 0 aliphatic carbocycles. The van der Waals surface area contributed by atoms with E-state index in [1.807, 2.05) is 36.4 Å². The van der Waals surface area contributed by atoms with Gasteiger partial charge in [0.2, 0.25) is 0 Å². The molecule has 8 aromatic rings. The van der Waals surface area contributed by atoms with Gasteiger partial charge < -0.3 is 19.5 Å². The lowest BCUT2D eigenvalue weighted by Gasteiger charge is -2.10. The van der Waals surface area contributed by atoms with Crippen LogP contribution in [-0.4, -0.2) is 0 Å². The quantitative estimate of drug-likeness (QED) is 0.239. The third kappa shape index (κ3) is 3.77. The van der Waals surface area contributed by atoms with Gasteiger partial charge in [0, 0.05) is 32.9 Å². The Morgan fingerprint density at radius 1 is 0.350 bits per heavy atom. The maximum Gasteiger partial charge on any atom is 0.158 e. The SMILES string of the molecule is c1ccc2c(c1)oc1c(Nc3ccc(-c4ccc(Nc5cccc6c5oc5ccccc56)cc4)cc3)cccc12. The van der Waals surface area contributed by atoms with E-state index in [1.165, 1.54) is 0 Å². The second-order valence-corrected chi connectivity index (χ2v) is 9.97. The molecule has 0 fully saturated rings. The van der Waals surface area contributed by atoms with Crippen LogP contribution in [-0.2, 0) is 0 Å². The van der Waals surface area contributed by atoms with Crippen LogP contribution in [0.15, 0.2) is 142 Å². The zero-order chi connectivity index (χ0) is 26.5. The lowest BCUT2D eigenvalue weighted by Crippen LogP contribution is -1.91. The molecule has 6 aromatic carbocycles. The largest absolute Gasteiger partial charge is 0.454 e. The molecule has 2 heterocycles. The van der Waals surface area contributed by atoms with E-state index in [9.17, 15) is 0 Å². The standard InChI is InChI=1S/C36H24N2O2/c1-3-13-33-27(7-1)29-9-5-11-31(35(29)39-33)37-25-19-15-23(16-20-25)24-17-21-26(22-18-24)38-32-12-6-10-30-28-8-2-4-14-34(28)40-36(30)32/h1-22,37-38H. The van der Waals surface area contributed by atoms with Crippen molar-refractivity contribution in [2.75, 3.05) is 10.6 Å². The zero-order valence-corrected chi connectivity index (χ0v) is 21.5. The minimum atomic E-state index is 0.870. The zero-order valence-electron chi connectivity index (χ0n) is 21.5. The van der Waals surface area contributed by atoms with Crippen LogP contribution < -0.4 is 10.6 Å². The molecule has 2 N–H and O–H groups in total. The Hall–Kier alpha value is -5.48. The lowest BCUT2D eigenvalue weighted by atomic mass is 10.0. The molecule has 40 heavy (non-hydrogen) atoms. The summed E-state index contributed by atoms with van der Waals surface area (Å²) in [6.45, 7) is 0. The van der Waals surface area contributed by atoms with Crippen LogP contribution in [0.2, 0.25) is 0 Å². The average molecular weight is 517 g/mol. The van der Waals surface area contributed by atoms with Gasteiger partial charge in [-0.3, -0.25) is 0 Å². The van der Waals surface area contributed by atoms with Gasteiger partial charge in [-0.15, -0.1) is 0 Å². The predicted octanol–water partition coefficient (Wildman–Crippen LogP) is 10.6. The highest BCUT2D eigenvalue weighted by Gasteiger charge is 2.12. The van der Waals surface area contributed by atoms with Crippen LogP contribution in [0.1, 0.15) is 0 Å². The number of nitrogens with one attached hydrogen (secondary N) is 2. The number of hydrogen-bond donors (Lipinski definition) is 2. The Balaban J connectivity index is 1.03. The topological polar surface area (TPSA) is 50.3 Å². The van der Waals surface area contributed by atoms with Crippen LogP contribution in [0.4, 0.5) is 22.7 Å². The molecule has 0 bridgehead atoms. The van der Waals surface area contributed by atoms with Crippen molar-refractivity contribution < 1.29 is 8.83 Å². The molecular weight excluding hydrogens is 492 g/mol. The van der Waals surface area contributed by atoms with Gasteiger partial charge in [-0.25, -0.2) is 0 Å². The summed E-state index contributed by atoms with van der Waals surface area (Å²) >= 11 is 0. The van der Waals surface area contributed by atoms with E-state index in [0.717, 1.165) is 77.8 Å². The summed E-state index contributed by atoms with van der Waals surface area (Å²) < 4.78 is 12.3. The summed E-state index contributed by atoms with van der Waals surface area (Å²) in [4.78, 5) is 0. The van der Waals surface area contributed by atoms with Crippen LogP contribution in [0.3, 0.4) is 0 Å². The molecule has 0 radical (unpaired) electrons. The molecule has 0 aliphatic heterocycles. The molecule has 0 unspecified atom stereocenters. The molecule has 8 rings (SSSR count). The van der Waals surface area contributed by atoms with Crippen LogP contribution in [0.5, 0.6) is 0 Å². The highest BCUT2D eigenvalue weighted by atomic mass is 16.3. The average Bonchev–Trinajstić information content (AvgIpc) is 3.58. The second kappa shape index (κ2) is 9.07. The summed E-state index contributed by atoms with van der Waals surface area (Å²) in [6.07, 6.45) is 0. The first-order chi connectivity index (χ1) is 19.8. The van der Waals surface area contributed by atoms with Crippen LogP contribution >= 0.6 is 0 Å². The van der Waals surface area contributed by atoms with Crippen molar-refractivity contribution in [1.29, 1.82) is 0 Å². The number of hydrogen-bond acceptors (Lipinski definition) is 4. The Bertz CT molecular complexity index is 2000. The number of anilines is 4. The Morgan fingerprint density at radius 3 is 1.20 bits per heavy atom. The van der Waals surface area contributed by atoms with Gasteiger partial charge in [-0.2, -0.15) is 0 Å². The second-order valence-electron chi connectivity index (χ2n) is 9.97. The monoisotopic (exact) mass is 516 g/mol. The maximum absolute atomic E-state index is 6.17. The van der Waals surface area contributed by atoms with Gasteiger partial charge in [0.25, 0.3) is 0 Å². The molecule has 4 nitrogen and oxygen atoms in total. The molecule has 4 heteroatoms. The van der Waals surface area contributed by atoms with Crippen molar-refractivity contribution in [3.63, 3.8) is 0 Å². The predicted molar refractivity (Wildman–Crippen MR) is 166 cm³/mol. The van der Waals surface area contributed by atoms with Gasteiger partial charge in [0.1, 0.15) is 11.2 Å². The molecule has 2 aromatic heterocycles. The van der Waals surface area contributed by atoms with Gasteiger partial charge in [0.15, 0.2) is 11.2 Å². The molecular formula is C36H24N2O2. The number of rotatable bonds is 5. The van der Waals surface area contributed by atoms with Crippen LogP contribution in [0, 0.1) is 0 Å². The highest BCUT2D eigenvalue weighted by Crippen LogP contribution is 2.36. The fraction of sp³-hybridized carbons (Fsp3) is 0. The minimum Gasteiger partial charge on any atom is -0.454 e. The van der Waals surface area contributed by atoms with Crippen molar-refractivity contribution in [3.8, 4) is 11.1 Å². The fourth-order valence-electron chi connectivity index (χ4n) is 5.49. The van der Waals surface area contributed by atoms with E-state index in [2.05, 4.69) is 108 Å². The molecule has 0 saturated heterocycles. The van der Waals surface area contributed by atoms with Crippen molar-refractivity contribution in [1.82, 2.24) is 0 Å². The summed E-state index contributed by atoms with van der Waals surface area (Å²) in [5.41, 5.74) is 9.76. The molecule has 0 amide bonds. The summed E-state index contributed by atoms with van der Waals surface area (Å²) in [5, 5.41) is 11.6. The number of fused-ring (bicyclic) bond motifs is 6. The van der Waals surface area contributed by atoms with Crippen LogP contribution in [0.25, 0.3) is 55.0 Å². The van der Waals surface area contributed by atoms with E-state index < -0.39 is 0 Å². The first-order valence-electron chi connectivity index (χ1n) is 13.4. The van der Waals surface area contributed by atoms with E-state index in [4.69, 9.17) is 8.83 Å². The third-order valence-corrected chi connectivity index (χ3v) is 7.47. The number of benzene rings is 6. The lowest BCUT2D eigenvalue weighted by molar-refractivity contribution is 0.670. The van der Waals surface area contributed by atoms with Crippen molar-refractivity contribution in [2.24, 2.45) is 0 Å². The molecule has 190 valence electrons. The van der Waals surface area contributed by atoms with Gasteiger partial charge in [-0.1, -0.05) is 84.9 Å². The van der Waals surface area contributed by atoms with Crippen molar-refractivity contribution in [3.05, 3.63) is 133 Å². The summed E-state index contributed by atoms with van der Waals surface area (Å²) in [6, 6.07) is 45.7. The minimum absolute atomic E-state index is 0.870. The smallest absolute Gasteiger partial charge is 0.158 e. The highest BCUT2D eigenvalue weighted by molar-refractivity contribution is 6.10. The normalized spacial score (nSPS) is 11.5. The van der Waals surface area contributed by atoms with Crippen molar-refractivity contribution >= 4 is 66.6 Å². The third-order valence-electron chi connectivity index (χ3n) is 7.47.